The average Bonchev–Trinajstić information content (AvgIpc) is 3.07. The highest BCUT2D eigenvalue weighted by molar-refractivity contribution is 5.51. The largest absolute Gasteiger partial charge is 0.497 e. The van der Waals surface area contributed by atoms with Crippen LogP contribution in [0.5, 0.6) is 5.75 Å². The number of hydrogen-bond acceptors (Lipinski definition) is 4. The van der Waals surface area contributed by atoms with Gasteiger partial charge in [0.15, 0.2) is 0 Å². The predicted octanol–water partition coefficient (Wildman–Crippen LogP) is 1.71. The van der Waals surface area contributed by atoms with Crippen LogP contribution in [0, 0.1) is 0 Å². The number of piperazine rings is 1. The maximum absolute atomic E-state index is 5.30. The van der Waals surface area contributed by atoms with E-state index in [2.05, 4.69) is 33.1 Å². The second-order valence-corrected chi connectivity index (χ2v) is 5.30. The normalized spacial score (nSPS) is 16.1. The molecule has 0 amide bonds. The van der Waals surface area contributed by atoms with Crippen molar-refractivity contribution in [1.29, 1.82) is 0 Å². The van der Waals surface area contributed by atoms with E-state index < -0.39 is 0 Å². The van der Waals surface area contributed by atoms with Crippen LogP contribution in [0.2, 0.25) is 0 Å². The fourth-order valence-electron chi connectivity index (χ4n) is 2.71. The molecule has 0 N–H and O–H groups in total. The molecule has 0 spiro atoms. The second kappa shape index (κ2) is 6.63. The fourth-order valence-corrected chi connectivity index (χ4v) is 2.71. The third-order valence-corrected chi connectivity index (χ3v) is 4.00. The maximum Gasteiger partial charge on any atom is 0.120 e. The molecule has 2 heterocycles. The number of methoxy groups -OCH3 is 1. The van der Waals surface area contributed by atoms with E-state index in [1.165, 1.54) is 5.69 Å². The van der Waals surface area contributed by atoms with Gasteiger partial charge < -0.3 is 9.64 Å². The van der Waals surface area contributed by atoms with Crippen LogP contribution in [0.15, 0.2) is 42.7 Å². The number of ether oxygens (including phenoxy) is 1. The van der Waals surface area contributed by atoms with Crippen LogP contribution in [0.25, 0.3) is 0 Å². The zero-order chi connectivity index (χ0) is 14.5. The van der Waals surface area contributed by atoms with Crippen molar-refractivity contribution in [3.63, 3.8) is 0 Å². The van der Waals surface area contributed by atoms with Gasteiger partial charge in [0.2, 0.25) is 0 Å². The van der Waals surface area contributed by atoms with Gasteiger partial charge in [-0.15, -0.1) is 0 Å². The summed E-state index contributed by atoms with van der Waals surface area (Å²) in [6.07, 6.45) is 3.85. The highest BCUT2D eigenvalue weighted by Gasteiger charge is 2.17. The Hall–Kier alpha value is -2.01. The van der Waals surface area contributed by atoms with Crippen molar-refractivity contribution < 1.29 is 4.74 Å². The molecule has 2 aromatic rings. The van der Waals surface area contributed by atoms with Crippen LogP contribution >= 0.6 is 0 Å². The molecular weight excluding hydrogens is 264 g/mol. The first-order valence-corrected chi connectivity index (χ1v) is 7.44. The van der Waals surface area contributed by atoms with Gasteiger partial charge in [0.05, 0.1) is 13.7 Å². The summed E-state index contributed by atoms with van der Waals surface area (Å²) in [5.74, 6) is 0.925. The first kappa shape index (κ1) is 13.9. The van der Waals surface area contributed by atoms with Crippen LogP contribution < -0.4 is 9.64 Å². The molecule has 112 valence electrons. The summed E-state index contributed by atoms with van der Waals surface area (Å²) in [7, 11) is 1.71. The maximum atomic E-state index is 5.30. The van der Waals surface area contributed by atoms with Crippen LogP contribution in [0.1, 0.15) is 0 Å². The number of benzene rings is 1. The van der Waals surface area contributed by atoms with Gasteiger partial charge in [-0.3, -0.25) is 9.58 Å². The van der Waals surface area contributed by atoms with Crippen molar-refractivity contribution in [3.8, 4) is 5.75 Å². The van der Waals surface area contributed by atoms with Crippen molar-refractivity contribution in [2.24, 2.45) is 0 Å². The molecule has 1 fully saturated rings. The minimum atomic E-state index is 0.925. The number of nitrogens with zero attached hydrogens (tertiary/aromatic N) is 4. The molecule has 1 aliphatic rings. The zero-order valence-electron chi connectivity index (χ0n) is 12.5. The van der Waals surface area contributed by atoms with Crippen LogP contribution in [-0.4, -0.2) is 54.5 Å². The first-order valence-electron chi connectivity index (χ1n) is 7.44. The van der Waals surface area contributed by atoms with Crippen LogP contribution in [0.3, 0.4) is 0 Å². The van der Waals surface area contributed by atoms with Gasteiger partial charge >= 0.3 is 0 Å². The van der Waals surface area contributed by atoms with Crippen LogP contribution in [-0.2, 0) is 6.54 Å². The van der Waals surface area contributed by atoms with Gasteiger partial charge in [-0.05, 0) is 18.2 Å². The van der Waals surface area contributed by atoms with Gasteiger partial charge in [0.1, 0.15) is 5.75 Å². The molecule has 3 rings (SSSR count). The average molecular weight is 286 g/mol. The quantitative estimate of drug-likeness (QED) is 0.838. The highest BCUT2D eigenvalue weighted by Crippen LogP contribution is 2.21. The molecular formula is C16H22N4O. The van der Waals surface area contributed by atoms with E-state index in [4.69, 9.17) is 4.74 Å². The molecule has 5 heteroatoms. The molecule has 0 radical (unpaired) electrons. The van der Waals surface area contributed by atoms with E-state index in [9.17, 15) is 0 Å². The number of hydrogen-bond donors (Lipinski definition) is 0. The van der Waals surface area contributed by atoms with Crippen LogP contribution in [0.4, 0.5) is 5.69 Å². The van der Waals surface area contributed by atoms with Gasteiger partial charge in [0.25, 0.3) is 0 Å². The molecule has 21 heavy (non-hydrogen) atoms. The van der Waals surface area contributed by atoms with E-state index >= 15 is 0 Å². The molecule has 0 aliphatic carbocycles. The Balaban J connectivity index is 1.50. The van der Waals surface area contributed by atoms with E-state index in [0.717, 1.165) is 45.0 Å². The van der Waals surface area contributed by atoms with Gasteiger partial charge in [-0.2, -0.15) is 5.10 Å². The Morgan fingerprint density at radius 3 is 2.67 bits per heavy atom. The smallest absolute Gasteiger partial charge is 0.120 e. The monoisotopic (exact) mass is 286 g/mol. The molecule has 0 atom stereocenters. The Bertz CT molecular complexity index is 547. The number of rotatable bonds is 5. The molecule has 1 aromatic carbocycles. The van der Waals surface area contributed by atoms with Crippen molar-refractivity contribution in [3.05, 3.63) is 42.7 Å². The minimum Gasteiger partial charge on any atom is -0.497 e. The van der Waals surface area contributed by atoms with Gasteiger partial charge in [0, 0.05) is 56.9 Å². The molecule has 5 nitrogen and oxygen atoms in total. The third-order valence-electron chi connectivity index (χ3n) is 4.00. The minimum absolute atomic E-state index is 0.925. The van der Waals surface area contributed by atoms with E-state index in [-0.39, 0.29) is 0 Å². The van der Waals surface area contributed by atoms with E-state index in [0.29, 0.717) is 0 Å². The molecule has 1 saturated heterocycles. The summed E-state index contributed by atoms with van der Waals surface area (Å²) in [5.41, 5.74) is 1.25. The van der Waals surface area contributed by atoms with Crippen molar-refractivity contribution in [2.75, 3.05) is 44.7 Å². The lowest BCUT2D eigenvalue weighted by Gasteiger charge is -2.36. The van der Waals surface area contributed by atoms with E-state index in [1.807, 2.05) is 29.2 Å². The van der Waals surface area contributed by atoms with Crippen molar-refractivity contribution in [2.45, 2.75) is 6.54 Å². The van der Waals surface area contributed by atoms with E-state index in [1.54, 1.807) is 7.11 Å². The third kappa shape index (κ3) is 3.55. The molecule has 0 saturated carbocycles. The van der Waals surface area contributed by atoms with Gasteiger partial charge in [-0.25, -0.2) is 0 Å². The Labute approximate surface area is 125 Å². The fraction of sp³-hybridized carbons (Fsp3) is 0.438. The predicted molar refractivity (Wildman–Crippen MR) is 83.9 cm³/mol. The molecule has 1 aromatic heterocycles. The SMILES string of the molecule is COc1cccc(N2CCN(CCn3cccn3)CC2)c1. The second-order valence-electron chi connectivity index (χ2n) is 5.30. The Morgan fingerprint density at radius 1 is 1.10 bits per heavy atom. The summed E-state index contributed by atoms with van der Waals surface area (Å²) in [6, 6.07) is 10.3. The number of aromatic nitrogens is 2. The summed E-state index contributed by atoms with van der Waals surface area (Å²) >= 11 is 0. The lowest BCUT2D eigenvalue weighted by atomic mass is 10.2. The standard InChI is InChI=1S/C16H22N4O/c1-21-16-5-2-4-15(14-16)19-11-8-18(9-12-19)10-13-20-7-3-6-17-20/h2-7,14H,8-13H2,1H3. The molecule has 0 unspecified atom stereocenters. The number of anilines is 1. The molecule has 0 bridgehead atoms. The Morgan fingerprint density at radius 2 is 1.95 bits per heavy atom. The zero-order valence-corrected chi connectivity index (χ0v) is 12.5. The summed E-state index contributed by atoms with van der Waals surface area (Å²) < 4.78 is 7.29. The molecule has 1 aliphatic heterocycles. The first-order chi connectivity index (χ1) is 10.3. The summed E-state index contributed by atoms with van der Waals surface area (Å²) in [6.45, 7) is 6.34. The van der Waals surface area contributed by atoms with Crippen molar-refractivity contribution in [1.82, 2.24) is 14.7 Å². The lowest BCUT2D eigenvalue weighted by Crippen LogP contribution is -2.47. The van der Waals surface area contributed by atoms with Gasteiger partial charge in [-0.1, -0.05) is 6.07 Å². The lowest BCUT2D eigenvalue weighted by molar-refractivity contribution is 0.244. The Kier molecular flexibility index (Phi) is 4.40. The summed E-state index contributed by atoms with van der Waals surface area (Å²) in [4.78, 5) is 4.92. The summed E-state index contributed by atoms with van der Waals surface area (Å²) in [5, 5.41) is 4.25. The van der Waals surface area contributed by atoms with Crippen molar-refractivity contribution >= 4 is 5.69 Å². The topological polar surface area (TPSA) is 33.5 Å². The highest BCUT2D eigenvalue weighted by atomic mass is 16.5.